The molecule has 2 rings (SSSR count). The van der Waals surface area contributed by atoms with Crippen LogP contribution in [-0.4, -0.2) is 50.8 Å². The van der Waals surface area contributed by atoms with Crippen LogP contribution in [0.4, 0.5) is 0 Å². The fourth-order valence-corrected chi connectivity index (χ4v) is 2.71. The van der Waals surface area contributed by atoms with Crippen molar-refractivity contribution in [1.29, 1.82) is 0 Å². The first-order valence-corrected chi connectivity index (χ1v) is 7.54. The van der Waals surface area contributed by atoms with Gasteiger partial charge in [0.2, 0.25) is 0 Å². The third kappa shape index (κ3) is 4.32. The summed E-state index contributed by atoms with van der Waals surface area (Å²) in [5, 5.41) is 0. The second-order valence-corrected chi connectivity index (χ2v) is 5.63. The molecule has 21 heavy (non-hydrogen) atoms. The van der Waals surface area contributed by atoms with Crippen LogP contribution < -0.4 is 0 Å². The van der Waals surface area contributed by atoms with Crippen molar-refractivity contribution in [1.82, 2.24) is 4.90 Å². The van der Waals surface area contributed by atoms with Gasteiger partial charge in [0, 0.05) is 26.8 Å². The Hall–Kier alpha value is -1.33. The smallest absolute Gasteiger partial charge is 0.257 e. The van der Waals surface area contributed by atoms with E-state index in [1.54, 1.807) is 7.11 Å². The number of methoxy groups -OCH3 is 1. The van der Waals surface area contributed by atoms with E-state index in [0.717, 1.165) is 38.3 Å². The lowest BCUT2D eigenvalue weighted by Crippen LogP contribution is -2.39. The van der Waals surface area contributed by atoms with Gasteiger partial charge in [-0.1, -0.05) is 0 Å². The molecule has 0 bridgehead atoms. The number of hydrogen-bond acceptors (Lipinski definition) is 4. The number of nitrogens with zero attached hydrogens (tertiary/aromatic N) is 1. The fourth-order valence-electron chi connectivity index (χ4n) is 2.71. The zero-order valence-electron chi connectivity index (χ0n) is 13.2. The molecule has 118 valence electrons. The average Bonchev–Trinajstić information content (AvgIpc) is 2.82. The Morgan fingerprint density at radius 3 is 2.62 bits per heavy atom. The van der Waals surface area contributed by atoms with Crippen molar-refractivity contribution in [3.63, 3.8) is 0 Å². The molecule has 0 radical (unpaired) electrons. The third-order valence-electron chi connectivity index (χ3n) is 3.96. The highest BCUT2D eigenvalue weighted by molar-refractivity contribution is 5.95. The van der Waals surface area contributed by atoms with Crippen molar-refractivity contribution < 1.29 is 18.7 Å². The molecule has 0 spiro atoms. The fraction of sp³-hybridized carbons (Fsp3) is 0.688. The van der Waals surface area contributed by atoms with Crippen LogP contribution in [0.1, 0.15) is 34.7 Å². The number of likely N-dealkylation sites (tertiary alicyclic amines) is 1. The topological polar surface area (TPSA) is 51.9 Å². The Kier molecular flexibility index (Phi) is 5.82. The van der Waals surface area contributed by atoms with E-state index in [2.05, 4.69) is 0 Å². The Balaban J connectivity index is 1.78. The first-order chi connectivity index (χ1) is 10.1. The standard InChI is InChI=1S/C16H25NO4/c1-12-10-15(13(2)21-12)16(18)17-6-4-14(5-7-17)11-20-9-8-19-3/h10,14H,4-9,11H2,1-3H3. The average molecular weight is 295 g/mol. The van der Waals surface area contributed by atoms with Crippen LogP contribution in [0, 0.1) is 19.8 Å². The Bertz CT molecular complexity index is 461. The molecule has 1 fully saturated rings. The van der Waals surface area contributed by atoms with Crippen LogP contribution in [0.25, 0.3) is 0 Å². The lowest BCUT2D eigenvalue weighted by atomic mass is 9.97. The molecule has 1 saturated heterocycles. The number of amides is 1. The SMILES string of the molecule is COCCOCC1CCN(C(=O)c2cc(C)oc2C)CC1. The number of furan rings is 1. The van der Waals surface area contributed by atoms with Crippen molar-refractivity contribution in [2.75, 3.05) is 40.0 Å². The van der Waals surface area contributed by atoms with E-state index < -0.39 is 0 Å². The summed E-state index contributed by atoms with van der Waals surface area (Å²) >= 11 is 0. The second kappa shape index (κ2) is 7.61. The monoisotopic (exact) mass is 295 g/mol. The van der Waals surface area contributed by atoms with Crippen LogP contribution in [0.2, 0.25) is 0 Å². The third-order valence-corrected chi connectivity index (χ3v) is 3.96. The molecule has 0 atom stereocenters. The Labute approximate surface area is 126 Å². The van der Waals surface area contributed by atoms with Crippen LogP contribution >= 0.6 is 0 Å². The van der Waals surface area contributed by atoms with Gasteiger partial charge in [0.1, 0.15) is 11.5 Å². The molecule has 2 heterocycles. The molecule has 1 amide bonds. The summed E-state index contributed by atoms with van der Waals surface area (Å²) in [5.41, 5.74) is 0.697. The second-order valence-electron chi connectivity index (χ2n) is 5.63. The molecule has 0 N–H and O–H groups in total. The maximum absolute atomic E-state index is 12.5. The zero-order valence-corrected chi connectivity index (χ0v) is 13.2. The van der Waals surface area contributed by atoms with Crippen molar-refractivity contribution in [2.45, 2.75) is 26.7 Å². The summed E-state index contributed by atoms with van der Waals surface area (Å²) in [5.74, 6) is 2.13. The molecule has 1 aliphatic rings. The quantitative estimate of drug-likeness (QED) is 0.756. The van der Waals surface area contributed by atoms with Gasteiger partial charge < -0.3 is 18.8 Å². The largest absolute Gasteiger partial charge is 0.466 e. The minimum atomic E-state index is 0.0862. The maximum atomic E-state index is 12.5. The molecule has 0 unspecified atom stereocenters. The lowest BCUT2D eigenvalue weighted by molar-refractivity contribution is 0.0327. The molecular weight excluding hydrogens is 270 g/mol. The molecule has 0 aromatic carbocycles. The van der Waals surface area contributed by atoms with Crippen LogP contribution in [-0.2, 0) is 9.47 Å². The molecule has 1 aliphatic heterocycles. The van der Waals surface area contributed by atoms with E-state index in [-0.39, 0.29) is 5.91 Å². The summed E-state index contributed by atoms with van der Waals surface area (Å²) in [4.78, 5) is 14.4. The Morgan fingerprint density at radius 2 is 2.05 bits per heavy atom. The number of aryl methyl sites for hydroxylation is 2. The normalized spacial score (nSPS) is 16.4. The molecule has 1 aromatic rings. The van der Waals surface area contributed by atoms with Crippen molar-refractivity contribution in [2.24, 2.45) is 5.92 Å². The van der Waals surface area contributed by atoms with Gasteiger partial charge in [0.05, 0.1) is 18.8 Å². The minimum Gasteiger partial charge on any atom is -0.466 e. The van der Waals surface area contributed by atoms with Crippen molar-refractivity contribution in [3.8, 4) is 0 Å². The van der Waals surface area contributed by atoms with Gasteiger partial charge in [-0.3, -0.25) is 4.79 Å². The van der Waals surface area contributed by atoms with Crippen LogP contribution in [0.5, 0.6) is 0 Å². The predicted molar refractivity (Wildman–Crippen MR) is 79.5 cm³/mol. The molecule has 5 nitrogen and oxygen atoms in total. The van der Waals surface area contributed by atoms with Gasteiger partial charge in [-0.25, -0.2) is 0 Å². The van der Waals surface area contributed by atoms with Crippen LogP contribution in [0.3, 0.4) is 0 Å². The molecule has 0 saturated carbocycles. The number of hydrogen-bond donors (Lipinski definition) is 0. The van der Waals surface area contributed by atoms with E-state index in [4.69, 9.17) is 13.9 Å². The molecule has 1 aromatic heterocycles. The number of carbonyl (C=O) groups is 1. The van der Waals surface area contributed by atoms with Crippen LogP contribution in [0.15, 0.2) is 10.5 Å². The summed E-state index contributed by atoms with van der Waals surface area (Å²) in [6.45, 7) is 7.33. The van der Waals surface area contributed by atoms with E-state index in [9.17, 15) is 4.79 Å². The number of rotatable bonds is 6. The summed E-state index contributed by atoms with van der Waals surface area (Å²) in [7, 11) is 1.67. The van der Waals surface area contributed by atoms with Crippen molar-refractivity contribution >= 4 is 5.91 Å². The van der Waals surface area contributed by atoms with Gasteiger partial charge in [-0.15, -0.1) is 0 Å². The predicted octanol–water partition coefficient (Wildman–Crippen LogP) is 2.41. The molecule has 0 aliphatic carbocycles. The highest BCUT2D eigenvalue weighted by atomic mass is 16.5. The van der Waals surface area contributed by atoms with E-state index >= 15 is 0 Å². The number of ether oxygens (including phenoxy) is 2. The van der Waals surface area contributed by atoms with Crippen molar-refractivity contribution in [3.05, 3.63) is 23.2 Å². The molecule has 5 heteroatoms. The minimum absolute atomic E-state index is 0.0862. The number of piperidine rings is 1. The summed E-state index contributed by atoms with van der Waals surface area (Å²) in [6.07, 6.45) is 1.99. The summed E-state index contributed by atoms with van der Waals surface area (Å²) < 4.78 is 16.0. The Morgan fingerprint density at radius 1 is 1.33 bits per heavy atom. The van der Waals surface area contributed by atoms with E-state index in [1.807, 2.05) is 24.8 Å². The summed E-state index contributed by atoms with van der Waals surface area (Å²) in [6, 6.07) is 1.83. The molecular formula is C16H25NO4. The van der Waals surface area contributed by atoms with Gasteiger partial charge >= 0.3 is 0 Å². The number of carbonyl (C=O) groups excluding carboxylic acids is 1. The first kappa shape index (κ1) is 16.0. The van der Waals surface area contributed by atoms with E-state index in [1.165, 1.54) is 0 Å². The van der Waals surface area contributed by atoms with Gasteiger partial charge in [0.25, 0.3) is 5.91 Å². The highest BCUT2D eigenvalue weighted by Gasteiger charge is 2.25. The first-order valence-electron chi connectivity index (χ1n) is 7.54. The maximum Gasteiger partial charge on any atom is 0.257 e. The van der Waals surface area contributed by atoms with E-state index in [0.29, 0.717) is 30.5 Å². The zero-order chi connectivity index (χ0) is 15.2. The van der Waals surface area contributed by atoms with Gasteiger partial charge in [0.15, 0.2) is 0 Å². The van der Waals surface area contributed by atoms with Gasteiger partial charge in [-0.05, 0) is 38.7 Å². The van der Waals surface area contributed by atoms with Gasteiger partial charge in [-0.2, -0.15) is 0 Å². The lowest BCUT2D eigenvalue weighted by Gasteiger charge is -2.31. The highest BCUT2D eigenvalue weighted by Crippen LogP contribution is 2.22.